The number of aliphatic hydroxyl groups excluding tert-OH is 1. The average molecular weight is 376 g/mol. The summed E-state index contributed by atoms with van der Waals surface area (Å²) in [5.41, 5.74) is 1.46. The highest BCUT2D eigenvalue weighted by atomic mass is 35.5. The lowest BCUT2D eigenvalue weighted by atomic mass is 10.1. The van der Waals surface area contributed by atoms with Gasteiger partial charge in [-0.25, -0.2) is 0 Å². The number of hydrogen-bond acceptors (Lipinski definition) is 5. The molecule has 2 amide bonds. The SMILES string of the molecule is O=C1NC(=O)/C(=C\c2ccc(OCC(O)c3cccc(Cl)c3)cc2)S1. The molecule has 2 aromatic rings. The molecule has 1 fully saturated rings. The van der Waals surface area contributed by atoms with Crippen LogP contribution in [0.25, 0.3) is 6.08 Å². The molecule has 1 unspecified atom stereocenters. The van der Waals surface area contributed by atoms with E-state index < -0.39 is 6.10 Å². The van der Waals surface area contributed by atoms with Crippen LogP contribution >= 0.6 is 23.4 Å². The molecule has 1 saturated heterocycles. The van der Waals surface area contributed by atoms with E-state index in [9.17, 15) is 14.7 Å². The van der Waals surface area contributed by atoms with Crippen molar-refractivity contribution in [2.45, 2.75) is 6.10 Å². The topological polar surface area (TPSA) is 75.6 Å². The second kappa shape index (κ2) is 7.74. The van der Waals surface area contributed by atoms with Crippen molar-refractivity contribution >= 4 is 40.6 Å². The zero-order valence-corrected chi connectivity index (χ0v) is 14.5. The summed E-state index contributed by atoms with van der Waals surface area (Å²) in [6.45, 7) is 0.0908. The van der Waals surface area contributed by atoms with E-state index in [1.54, 1.807) is 54.6 Å². The maximum atomic E-state index is 11.5. The third-order valence-electron chi connectivity index (χ3n) is 3.46. The summed E-state index contributed by atoms with van der Waals surface area (Å²) in [6.07, 6.45) is 0.847. The number of benzene rings is 2. The van der Waals surface area contributed by atoms with E-state index in [1.807, 2.05) is 0 Å². The zero-order valence-electron chi connectivity index (χ0n) is 12.9. The third-order valence-corrected chi connectivity index (χ3v) is 4.51. The number of halogens is 1. The maximum Gasteiger partial charge on any atom is 0.290 e. The van der Waals surface area contributed by atoms with Gasteiger partial charge in [0.15, 0.2) is 0 Å². The molecule has 128 valence electrons. The second-order valence-electron chi connectivity index (χ2n) is 5.30. The van der Waals surface area contributed by atoms with Crippen LogP contribution in [0.2, 0.25) is 5.02 Å². The Morgan fingerprint density at radius 2 is 1.96 bits per heavy atom. The van der Waals surface area contributed by atoms with Gasteiger partial charge in [0.05, 0.1) is 4.91 Å². The van der Waals surface area contributed by atoms with Gasteiger partial charge in [-0.1, -0.05) is 35.9 Å². The number of carbonyl (C=O) groups is 2. The minimum absolute atomic E-state index is 0.0908. The molecule has 1 heterocycles. The molecular weight excluding hydrogens is 362 g/mol. The fraction of sp³-hybridized carbons (Fsp3) is 0.111. The lowest BCUT2D eigenvalue weighted by Crippen LogP contribution is -2.17. The Labute approximate surface area is 153 Å². The van der Waals surface area contributed by atoms with Crippen LogP contribution in [-0.4, -0.2) is 22.9 Å². The molecule has 7 heteroatoms. The Hall–Kier alpha value is -2.28. The molecule has 0 spiro atoms. The van der Waals surface area contributed by atoms with Crippen LogP contribution in [0.3, 0.4) is 0 Å². The lowest BCUT2D eigenvalue weighted by Gasteiger charge is -2.13. The summed E-state index contributed by atoms with van der Waals surface area (Å²) in [4.78, 5) is 23.0. The predicted molar refractivity (Wildman–Crippen MR) is 97.5 cm³/mol. The van der Waals surface area contributed by atoms with Gasteiger partial charge in [0.2, 0.25) is 0 Å². The number of carbonyl (C=O) groups excluding carboxylic acids is 2. The van der Waals surface area contributed by atoms with Crippen molar-refractivity contribution in [3.8, 4) is 5.75 Å². The smallest absolute Gasteiger partial charge is 0.290 e. The first kappa shape index (κ1) is 17.5. The molecule has 2 N–H and O–H groups in total. The highest BCUT2D eigenvalue weighted by Gasteiger charge is 2.24. The van der Waals surface area contributed by atoms with E-state index in [-0.39, 0.29) is 17.8 Å². The molecule has 0 saturated carbocycles. The molecule has 0 aromatic heterocycles. The summed E-state index contributed by atoms with van der Waals surface area (Å²) in [5.74, 6) is 0.197. The van der Waals surface area contributed by atoms with Gasteiger partial charge in [-0.15, -0.1) is 0 Å². The number of thioether (sulfide) groups is 1. The minimum Gasteiger partial charge on any atom is -0.491 e. The molecule has 1 aliphatic rings. The molecule has 3 rings (SSSR count). The van der Waals surface area contributed by atoms with Crippen molar-refractivity contribution in [3.63, 3.8) is 0 Å². The van der Waals surface area contributed by atoms with Gasteiger partial charge >= 0.3 is 0 Å². The van der Waals surface area contributed by atoms with E-state index in [1.165, 1.54) is 0 Å². The van der Waals surface area contributed by atoms with E-state index in [0.29, 0.717) is 21.2 Å². The highest BCUT2D eigenvalue weighted by molar-refractivity contribution is 8.18. The Balaban J connectivity index is 1.60. The number of amides is 2. The highest BCUT2D eigenvalue weighted by Crippen LogP contribution is 2.26. The van der Waals surface area contributed by atoms with Crippen LogP contribution < -0.4 is 10.1 Å². The maximum absolute atomic E-state index is 11.5. The Morgan fingerprint density at radius 3 is 2.60 bits per heavy atom. The number of ether oxygens (including phenoxy) is 1. The van der Waals surface area contributed by atoms with E-state index in [0.717, 1.165) is 17.3 Å². The predicted octanol–water partition coefficient (Wildman–Crippen LogP) is 3.78. The molecular formula is C18H14ClNO4S. The number of rotatable bonds is 5. The molecule has 5 nitrogen and oxygen atoms in total. The van der Waals surface area contributed by atoms with Gasteiger partial charge in [0.25, 0.3) is 11.1 Å². The van der Waals surface area contributed by atoms with Crippen molar-refractivity contribution in [2.24, 2.45) is 0 Å². The molecule has 1 aliphatic heterocycles. The van der Waals surface area contributed by atoms with Gasteiger partial charge in [0, 0.05) is 5.02 Å². The van der Waals surface area contributed by atoms with Crippen LogP contribution in [0.5, 0.6) is 5.75 Å². The van der Waals surface area contributed by atoms with Crippen LogP contribution in [-0.2, 0) is 4.79 Å². The largest absolute Gasteiger partial charge is 0.491 e. The van der Waals surface area contributed by atoms with Crippen molar-refractivity contribution in [3.05, 3.63) is 69.6 Å². The summed E-state index contributed by atoms with van der Waals surface area (Å²) in [7, 11) is 0. The minimum atomic E-state index is -0.787. The van der Waals surface area contributed by atoms with Crippen molar-refractivity contribution in [1.29, 1.82) is 0 Å². The summed E-state index contributed by atoms with van der Waals surface area (Å²) >= 11 is 6.78. The standard InChI is InChI=1S/C18H14ClNO4S/c19-13-3-1-2-12(9-13)15(21)10-24-14-6-4-11(5-7-14)8-16-17(22)20-18(23)25-16/h1-9,15,21H,10H2,(H,20,22,23)/b16-8+. The Kier molecular flexibility index (Phi) is 5.43. The van der Waals surface area contributed by atoms with Crippen LogP contribution in [0.1, 0.15) is 17.2 Å². The molecule has 25 heavy (non-hydrogen) atoms. The van der Waals surface area contributed by atoms with Crippen LogP contribution in [0.4, 0.5) is 4.79 Å². The van der Waals surface area contributed by atoms with Crippen LogP contribution in [0.15, 0.2) is 53.4 Å². The van der Waals surface area contributed by atoms with Crippen molar-refractivity contribution < 1.29 is 19.4 Å². The summed E-state index contributed by atoms with van der Waals surface area (Å²) < 4.78 is 5.57. The van der Waals surface area contributed by atoms with Gasteiger partial charge < -0.3 is 9.84 Å². The Morgan fingerprint density at radius 1 is 1.20 bits per heavy atom. The fourth-order valence-electron chi connectivity index (χ4n) is 2.22. The Bertz CT molecular complexity index is 835. The molecule has 0 aliphatic carbocycles. The quantitative estimate of drug-likeness (QED) is 0.778. The third kappa shape index (κ3) is 4.63. The molecule has 0 bridgehead atoms. The number of nitrogens with one attached hydrogen (secondary N) is 1. The zero-order chi connectivity index (χ0) is 17.8. The number of aliphatic hydroxyl groups is 1. The van der Waals surface area contributed by atoms with Crippen molar-refractivity contribution in [1.82, 2.24) is 5.32 Å². The average Bonchev–Trinajstić information content (AvgIpc) is 2.91. The second-order valence-corrected chi connectivity index (χ2v) is 6.75. The molecule has 0 radical (unpaired) electrons. The normalized spacial score (nSPS) is 16.8. The first-order valence-corrected chi connectivity index (χ1v) is 8.62. The van der Waals surface area contributed by atoms with E-state index >= 15 is 0 Å². The summed E-state index contributed by atoms with van der Waals surface area (Å²) in [5, 5.41) is 12.5. The fourth-order valence-corrected chi connectivity index (χ4v) is 3.10. The lowest BCUT2D eigenvalue weighted by molar-refractivity contribution is -0.115. The van der Waals surface area contributed by atoms with Gasteiger partial charge in [-0.05, 0) is 53.2 Å². The van der Waals surface area contributed by atoms with Crippen molar-refractivity contribution in [2.75, 3.05) is 6.61 Å². The summed E-state index contributed by atoms with van der Waals surface area (Å²) in [6, 6.07) is 14.0. The first-order chi connectivity index (χ1) is 12.0. The van der Waals surface area contributed by atoms with E-state index in [2.05, 4.69) is 5.32 Å². The molecule has 2 aromatic carbocycles. The van der Waals surface area contributed by atoms with E-state index in [4.69, 9.17) is 16.3 Å². The van der Waals surface area contributed by atoms with Gasteiger partial charge in [-0.2, -0.15) is 0 Å². The number of imide groups is 1. The van der Waals surface area contributed by atoms with Gasteiger partial charge in [-0.3, -0.25) is 14.9 Å². The monoisotopic (exact) mass is 375 g/mol. The molecule has 1 atom stereocenters. The van der Waals surface area contributed by atoms with Crippen LogP contribution in [0, 0.1) is 0 Å². The van der Waals surface area contributed by atoms with Gasteiger partial charge in [0.1, 0.15) is 18.5 Å². The first-order valence-electron chi connectivity index (χ1n) is 7.42. The number of hydrogen-bond donors (Lipinski definition) is 2.